The van der Waals surface area contributed by atoms with Gasteiger partial charge in [0.05, 0.1) is 12.2 Å². The summed E-state index contributed by atoms with van der Waals surface area (Å²) in [5.74, 6) is -0.136. The van der Waals surface area contributed by atoms with Crippen LogP contribution in [0.15, 0.2) is 84.9 Å². The van der Waals surface area contributed by atoms with E-state index in [1.807, 2.05) is 42.5 Å². The Bertz CT molecular complexity index is 1520. The Hall–Kier alpha value is -3.44. The van der Waals surface area contributed by atoms with Crippen LogP contribution >= 0.6 is 0 Å². The number of aliphatic hydroxyl groups is 3. The molecule has 4 heteroatoms. The second-order valence-corrected chi connectivity index (χ2v) is 8.60. The molecule has 0 heterocycles. The Kier molecular flexibility index (Phi) is 4.08. The Labute approximate surface area is 184 Å². The SMILES string of the molecule is [O]c1cccc2c(C3(O)c4ccc5c(ccc6ccccc65)c4C(O)CC3O)cccc12. The van der Waals surface area contributed by atoms with Crippen molar-refractivity contribution in [3.63, 3.8) is 0 Å². The molecule has 3 N–H and O–H groups in total. The molecule has 4 nitrogen and oxygen atoms in total. The number of rotatable bonds is 1. The Morgan fingerprint density at radius 2 is 1.38 bits per heavy atom. The van der Waals surface area contributed by atoms with Gasteiger partial charge in [-0.05, 0) is 49.7 Å². The lowest BCUT2D eigenvalue weighted by Gasteiger charge is -2.42. The fourth-order valence-corrected chi connectivity index (χ4v) is 5.42. The average molecular weight is 421 g/mol. The van der Waals surface area contributed by atoms with Gasteiger partial charge in [-0.15, -0.1) is 0 Å². The highest BCUT2D eigenvalue weighted by Gasteiger charge is 2.47. The second kappa shape index (κ2) is 6.78. The van der Waals surface area contributed by atoms with Crippen molar-refractivity contribution >= 4 is 32.3 Å². The maximum atomic E-state index is 12.4. The number of fused-ring (bicyclic) bond motifs is 6. The van der Waals surface area contributed by atoms with E-state index in [1.165, 1.54) is 6.07 Å². The third-order valence-electron chi connectivity index (χ3n) is 6.93. The summed E-state index contributed by atoms with van der Waals surface area (Å²) < 4.78 is 0. The molecule has 0 amide bonds. The summed E-state index contributed by atoms with van der Waals surface area (Å²) in [6, 6.07) is 25.9. The summed E-state index contributed by atoms with van der Waals surface area (Å²) in [7, 11) is 0. The molecular formula is C28H21O4. The van der Waals surface area contributed by atoms with Crippen LogP contribution in [0.25, 0.3) is 32.3 Å². The molecule has 32 heavy (non-hydrogen) atoms. The molecule has 1 aliphatic carbocycles. The highest BCUT2D eigenvalue weighted by atomic mass is 16.3. The smallest absolute Gasteiger partial charge is 0.186 e. The van der Waals surface area contributed by atoms with Gasteiger partial charge in [-0.2, -0.15) is 0 Å². The van der Waals surface area contributed by atoms with Gasteiger partial charge in [0.15, 0.2) is 5.75 Å². The third kappa shape index (κ3) is 2.49. The first-order chi connectivity index (χ1) is 15.5. The molecule has 6 rings (SSSR count). The first-order valence-electron chi connectivity index (χ1n) is 10.7. The molecule has 3 atom stereocenters. The first kappa shape index (κ1) is 19.3. The molecule has 1 aliphatic rings. The van der Waals surface area contributed by atoms with E-state index in [1.54, 1.807) is 36.4 Å². The fraction of sp³-hybridized carbons (Fsp3) is 0.143. The predicted molar refractivity (Wildman–Crippen MR) is 124 cm³/mol. The number of hydrogen-bond acceptors (Lipinski definition) is 3. The van der Waals surface area contributed by atoms with Gasteiger partial charge in [0.2, 0.25) is 0 Å². The van der Waals surface area contributed by atoms with Crippen molar-refractivity contribution in [1.29, 1.82) is 0 Å². The van der Waals surface area contributed by atoms with E-state index >= 15 is 0 Å². The Morgan fingerprint density at radius 1 is 0.656 bits per heavy atom. The number of benzene rings is 5. The van der Waals surface area contributed by atoms with E-state index in [2.05, 4.69) is 0 Å². The quantitative estimate of drug-likeness (QED) is 0.320. The number of aliphatic hydroxyl groups excluding tert-OH is 2. The molecule has 0 bridgehead atoms. The summed E-state index contributed by atoms with van der Waals surface area (Å²) in [5.41, 5.74) is -0.207. The highest BCUT2D eigenvalue weighted by molar-refractivity contribution is 6.09. The van der Waals surface area contributed by atoms with Crippen molar-refractivity contribution in [2.24, 2.45) is 0 Å². The molecule has 5 aromatic carbocycles. The van der Waals surface area contributed by atoms with Crippen LogP contribution in [0.2, 0.25) is 0 Å². The van der Waals surface area contributed by atoms with E-state index in [0.717, 1.165) is 21.5 Å². The van der Waals surface area contributed by atoms with Gasteiger partial charge in [-0.1, -0.05) is 78.9 Å². The van der Waals surface area contributed by atoms with Crippen LogP contribution in [0, 0.1) is 0 Å². The van der Waals surface area contributed by atoms with E-state index in [4.69, 9.17) is 0 Å². The van der Waals surface area contributed by atoms with Gasteiger partial charge < -0.3 is 15.3 Å². The summed E-state index contributed by atoms with van der Waals surface area (Å²) in [6.45, 7) is 0. The van der Waals surface area contributed by atoms with Crippen LogP contribution in [0.1, 0.15) is 29.2 Å². The minimum atomic E-state index is -1.76. The van der Waals surface area contributed by atoms with Crippen LogP contribution in [-0.4, -0.2) is 21.4 Å². The zero-order valence-corrected chi connectivity index (χ0v) is 17.2. The van der Waals surface area contributed by atoms with Crippen LogP contribution in [0.3, 0.4) is 0 Å². The minimum absolute atomic E-state index is 0.0110. The zero-order valence-electron chi connectivity index (χ0n) is 17.2. The number of hydrogen-bond donors (Lipinski definition) is 3. The lowest BCUT2D eigenvalue weighted by molar-refractivity contribution is -0.0824. The largest absolute Gasteiger partial charge is 0.389 e. The molecule has 0 spiro atoms. The molecule has 3 unspecified atom stereocenters. The van der Waals surface area contributed by atoms with Gasteiger partial charge in [0, 0.05) is 11.8 Å². The molecule has 157 valence electrons. The second-order valence-electron chi connectivity index (χ2n) is 8.60. The lowest BCUT2D eigenvalue weighted by atomic mass is 9.69. The minimum Gasteiger partial charge on any atom is -0.389 e. The van der Waals surface area contributed by atoms with E-state index in [0.29, 0.717) is 27.5 Å². The summed E-state index contributed by atoms with van der Waals surface area (Å²) in [6.07, 6.45) is -2.16. The van der Waals surface area contributed by atoms with Gasteiger partial charge in [-0.3, -0.25) is 5.11 Å². The van der Waals surface area contributed by atoms with Crippen molar-refractivity contribution in [1.82, 2.24) is 0 Å². The molecule has 5 aromatic rings. The predicted octanol–water partition coefficient (Wildman–Crippen LogP) is 5.32. The normalized spacial score (nSPS) is 23.0. The average Bonchev–Trinajstić information content (AvgIpc) is 2.81. The first-order valence-corrected chi connectivity index (χ1v) is 10.7. The molecular weight excluding hydrogens is 400 g/mol. The highest BCUT2D eigenvalue weighted by Crippen LogP contribution is 2.49. The Balaban J connectivity index is 1.70. The van der Waals surface area contributed by atoms with Crippen molar-refractivity contribution in [3.8, 4) is 5.75 Å². The van der Waals surface area contributed by atoms with E-state index in [9.17, 15) is 20.4 Å². The summed E-state index contributed by atoms with van der Waals surface area (Å²) in [5, 5.41) is 51.7. The fourth-order valence-electron chi connectivity index (χ4n) is 5.42. The Morgan fingerprint density at radius 3 is 2.25 bits per heavy atom. The maximum Gasteiger partial charge on any atom is 0.186 e. The lowest BCUT2D eigenvalue weighted by Crippen LogP contribution is -2.45. The van der Waals surface area contributed by atoms with Crippen molar-refractivity contribution in [2.75, 3.05) is 0 Å². The van der Waals surface area contributed by atoms with E-state index in [-0.39, 0.29) is 12.2 Å². The molecule has 0 fully saturated rings. The van der Waals surface area contributed by atoms with Crippen LogP contribution in [-0.2, 0) is 10.7 Å². The molecule has 0 saturated carbocycles. The summed E-state index contributed by atoms with van der Waals surface area (Å²) >= 11 is 0. The van der Waals surface area contributed by atoms with Gasteiger partial charge in [0.1, 0.15) is 5.60 Å². The maximum absolute atomic E-state index is 12.4. The van der Waals surface area contributed by atoms with Crippen molar-refractivity contribution in [3.05, 3.63) is 102 Å². The molecule has 0 saturated heterocycles. The van der Waals surface area contributed by atoms with Crippen molar-refractivity contribution in [2.45, 2.75) is 24.2 Å². The monoisotopic (exact) mass is 421 g/mol. The molecule has 0 aliphatic heterocycles. The van der Waals surface area contributed by atoms with Gasteiger partial charge in [-0.25, -0.2) is 0 Å². The molecule has 1 radical (unpaired) electrons. The van der Waals surface area contributed by atoms with Crippen LogP contribution in [0.4, 0.5) is 0 Å². The van der Waals surface area contributed by atoms with Crippen molar-refractivity contribution < 1.29 is 20.4 Å². The zero-order chi connectivity index (χ0) is 22.0. The standard InChI is InChI=1S/C28H21O4/c29-24-10-4-7-19-20(24)8-3-9-22(19)28(32)23-14-13-18-17-6-2-1-5-16(17)11-12-21(18)27(23)25(30)15-26(28)31/h1-14,25-26,30-32H,15H2. The van der Waals surface area contributed by atoms with Gasteiger partial charge in [0.25, 0.3) is 0 Å². The topological polar surface area (TPSA) is 80.6 Å². The van der Waals surface area contributed by atoms with Gasteiger partial charge >= 0.3 is 0 Å². The van der Waals surface area contributed by atoms with Crippen LogP contribution in [0.5, 0.6) is 5.75 Å². The third-order valence-corrected chi connectivity index (χ3v) is 6.93. The molecule has 0 aromatic heterocycles. The van der Waals surface area contributed by atoms with E-state index < -0.39 is 17.8 Å². The van der Waals surface area contributed by atoms with Crippen LogP contribution < -0.4 is 0 Å². The summed E-state index contributed by atoms with van der Waals surface area (Å²) in [4.78, 5) is 0.